The number of aliphatic hydroxyl groups excluding tert-OH is 2. The minimum Gasteiger partial charge on any atom is -0.502 e. The summed E-state index contributed by atoms with van der Waals surface area (Å²) in [6.45, 7) is 0. The average Bonchev–Trinajstić information content (AvgIpc) is 2.58. The first kappa shape index (κ1) is 31.4. The summed E-state index contributed by atoms with van der Waals surface area (Å²) >= 11 is 0. The van der Waals surface area contributed by atoms with E-state index >= 15 is 0 Å². The van der Waals surface area contributed by atoms with Gasteiger partial charge in [0.1, 0.15) is 0 Å². The molecule has 0 aliphatic carbocycles. The van der Waals surface area contributed by atoms with E-state index in [2.05, 4.69) is 0 Å². The minimum absolute atomic E-state index is 2.65. The Balaban J connectivity index is 7.06. The van der Waals surface area contributed by atoms with Crippen LogP contribution < -0.4 is 0 Å². The Morgan fingerprint density at radius 2 is 0.515 bits per heavy atom. The molecule has 0 radical (unpaired) electrons. The van der Waals surface area contributed by atoms with E-state index in [4.69, 9.17) is 30.6 Å². The van der Waals surface area contributed by atoms with Crippen molar-refractivity contribution in [3.05, 3.63) is 11.7 Å². The molecule has 22 nitrogen and oxygen atoms in total. The first-order valence-corrected chi connectivity index (χ1v) is 7.42. The van der Waals surface area contributed by atoms with Gasteiger partial charge in [0.25, 0.3) is 40.5 Å². The van der Waals surface area contributed by atoms with E-state index in [-0.39, 0.29) is 0 Å². The number of rotatable bonds is 9. The predicted molar refractivity (Wildman–Crippen MR) is 81.6 cm³/mol. The highest BCUT2D eigenvalue weighted by atomic mass is 16.8. The van der Waals surface area contributed by atoms with E-state index in [1.165, 1.54) is 0 Å². The Labute approximate surface area is 177 Å². The van der Waals surface area contributed by atoms with Gasteiger partial charge in [-0.05, 0) is 0 Å². The summed E-state index contributed by atoms with van der Waals surface area (Å²) in [6, 6.07) is 0. The second-order valence-corrected chi connectivity index (χ2v) is 6.69. The smallest absolute Gasteiger partial charge is 0.338 e. The summed E-state index contributed by atoms with van der Waals surface area (Å²) in [6.07, 6.45) is 0. The molecule has 0 saturated carbocycles. The molecule has 0 aromatic carbocycles. The standard InChI is InChI=1S/C11H22O22/c12-1(2(13)14)3(15,16)4(17,18)5(19,20)6(21,22)7(23,24)8(25,26)9(27,28)10(29,30)11(31,32)33/h12-33H. The van der Waals surface area contributed by atoms with E-state index in [1.807, 2.05) is 0 Å². The van der Waals surface area contributed by atoms with E-state index in [9.17, 15) is 81.7 Å². The van der Waals surface area contributed by atoms with Gasteiger partial charge in [-0.15, -0.1) is 0 Å². The molecular weight excluding hydrogens is 484 g/mol. The van der Waals surface area contributed by atoms with Gasteiger partial charge in [0.2, 0.25) is 5.76 Å². The largest absolute Gasteiger partial charge is 0.502 e. The zero-order valence-corrected chi connectivity index (χ0v) is 15.3. The summed E-state index contributed by atoms with van der Waals surface area (Å²) in [4.78, 5) is 0. The maximum absolute atomic E-state index is 9.65. The van der Waals surface area contributed by atoms with Crippen molar-refractivity contribution in [1.29, 1.82) is 0 Å². The van der Waals surface area contributed by atoms with Gasteiger partial charge in [-0.1, -0.05) is 0 Å². The van der Waals surface area contributed by atoms with E-state index in [0.29, 0.717) is 0 Å². The molecule has 0 aliphatic rings. The molecule has 198 valence electrons. The van der Waals surface area contributed by atoms with E-state index in [1.54, 1.807) is 0 Å². The molecule has 0 rings (SSSR count). The molecule has 0 unspecified atom stereocenters. The van der Waals surface area contributed by atoms with Gasteiger partial charge >= 0.3 is 17.7 Å². The SMILES string of the molecule is OC(O)=C(O)C(O)(O)C(O)(O)C(O)(O)C(O)(O)C(O)(O)C(O)(O)C(O)(O)C(O)(O)C(O)(O)O. The minimum atomic E-state index is -6.11. The van der Waals surface area contributed by atoms with E-state index < -0.39 is 64.0 Å². The highest BCUT2D eigenvalue weighted by Crippen LogP contribution is 2.47. The molecule has 22 N–H and O–H groups in total. The lowest BCUT2D eigenvalue weighted by Gasteiger charge is -2.55. The fraction of sp³-hybridized carbons (Fsp3) is 0.818. The zero-order valence-electron chi connectivity index (χ0n) is 15.3. The zero-order chi connectivity index (χ0) is 27.7. The van der Waals surface area contributed by atoms with Gasteiger partial charge in [0.15, 0.2) is 0 Å². The van der Waals surface area contributed by atoms with Gasteiger partial charge in [0.05, 0.1) is 0 Å². The fourth-order valence-corrected chi connectivity index (χ4v) is 2.01. The summed E-state index contributed by atoms with van der Waals surface area (Å²) in [5, 5.41) is 204. The summed E-state index contributed by atoms with van der Waals surface area (Å²) in [5.74, 6) is -57.5. The maximum Gasteiger partial charge on any atom is 0.338 e. The Morgan fingerprint density at radius 1 is 0.303 bits per heavy atom. The van der Waals surface area contributed by atoms with Gasteiger partial charge in [-0.3, -0.25) is 0 Å². The van der Waals surface area contributed by atoms with Crippen molar-refractivity contribution < 1.29 is 112 Å². The van der Waals surface area contributed by atoms with Gasteiger partial charge in [0, 0.05) is 0 Å². The van der Waals surface area contributed by atoms with Crippen LogP contribution >= 0.6 is 0 Å². The van der Waals surface area contributed by atoms with Gasteiger partial charge in [-0.2, -0.15) is 0 Å². The van der Waals surface area contributed by atoms with Crippen LogP contribution in [0, 0.1) is 0 Å². The van der Waals surface area contributed by atoms with Gasteiger partial charge in [-0.25, -0.2) is 0 Å². The molecular formula is C11H22O22. The van der Waals surface area contributed by atoms with Crippen molar-refractivity contribution in [3.8, 4) is 0 Å². The molecule has 33 heavy (non-hydrogen) atoms. The number of hydrogen-bond donors (Lipinski definition) is 22. The van der Waals surface area contributed by atoms with Crippen LogP contribution in [0.1, 0.15) is 0 Å². The van der Waals surface area contributed by atoms with Crippen LogP contribution in [0.25, 0.3) is 0 Å². The molecule has 0 aromatic heterocycles. The third-order valence-electron chi connectivity index (χ3n) is 4.41. The van der Waals surface area contributed by atoms with Crippen LogP contribution in [0.3, 0.4) is 0 Å². The highest BCUT2D eigenvalue weighted by Gasteiger charge is 2.86. The van der Waals surface area contributed by atoms with Gasteiger partial charge < -0.3 is 112 Å². The molecule has 22 heteroatoms. The Bertz CT molecular complexity index is 760. The topological polar surface area (TPSA) is 445 Å². The van der Waals surface area contributed by atoms with Crippen molar-refractivity contribution in [2.24, 2.45) is 0 Å². The van der Waals surface area contributed by atoms with Crippen molar-refractivity contribution in [2.45, 2.75) is 52.3 Å². The highest BCUT2D eigenvalue weighted by molar-refractivity contribution is 5.18. The lowest BCUT2D eigenvalue weighted by molar-refractivity contribution is -0.604. The summed E-state index contributed by atoms with van der Waals surface area (Å²) < 4.78 is 0. The lowest BCUT2D eigenvalue weighted by Crippen LogP contribution is -2.89. The van der Waals surface area contributed by atoms with Crippen LogP contribution in [0.2, 0.25) is 0 Å². The Kier molecular flexibility index (Phi) is 7.32. The Hall–Kier alpha value is -1.62. The Morgan fingerprint density at radius 3 is 0.727 bits per heavy atom. The van der Waals surface area contributed by atoms with Crippen molar-refractivity contribution >= 4 is 0 Å². The maximum atomic E-state index is 9.65. The van der Waals surface area contributed by atoms with Crippen molar-refractivity contribution in [2.75, 3.05) is 0 Å². The van der Waals surface area contributed by atoms with Crippen LogP contribution in [0.15, 0.2) is 11.7 Å². The fourth-order valence-electron chi connectivity index (χ4n) is 2.01. The van der Waals surface area contributed by atoms with Crippen LogP contribution in [0.4, 0.5) is 0 Å². The summed E-state index contributed by atoms with van der Waals surface area (Å²) in [5.41, 5.74) is 0. The van der Waals surface area contributed by atoms with E-state index in [0.717, 1.165) is 0 Å². The molecule has 0 bridgehead atoms. The molecule has 0 saturated heterocycles. The first-order valence-electron chi connectivity index (χ1n) is 7.42. The predicted octanol–water partition coefficient (Wildman–Crippen LogP) is -12.1. The van der Waals surface area contributed by atoms with Crippen molar-refractivity contribution in [1.82, 2.24) is 0 Å². The number of hydrogen-bond acceptors (Lipinski definition) is 22. The average molecular weight is 506 g/mol. The molecule has 0 heterocycles. The van der Waals surface area contributed by atoms with Crippen molar-refractivity contribution in [3.63, 3.8) is 0 Å². The normalized spacial score (nSPS) is 16.1. The third kappa shape index (κ3) is 3.79. The molecule has 0 amide bonds. The molecule has 0 aliphatic heterocycles. The molecule has 0 atom stereocenters. The number of aliphatic hydroxyl groups is 22. The first-order chi connectivity index (χ1) is 13.9. The molecule has 0 aromatic rings. The van der Waals surface area contributed by atoms with Crippen LogP contribution in [-0.2, 0) is 0 Å². The lowest BCUT2D eigenvalue weighted by atomic mass is 9.77. The second-order valence-electron chi connectivity index (χ2n) is 6.69. The van der Waals surface area contributed by atoms with Crippen LogP contribution in [-0.4, -0.2) is 165 Å². The quantitative estimate of drug-likeness (QED) is 0.102. The monoisotopic (exact) mass is 506 g/mol. The second kappa shape index (κ2) is 7.69. The summed E-state index contributed by atoms with van der Waals surface area (Å²) in [7, 11) is 0. The molecule has 0 spiro atoms. The molecule has 0 fully saturated rings. The third-order valence-corrected chi connectivity index (χ3v) is 4.41. The van der Waals surface area contributed by atoms with Crippen LogP contribution in [0.5, 0.6) is 0 Å².